The van der Waals surface area contributed by atoms with Gasteiger partial charge in [0.15, 0.2) is 10.8 Å². The van der Waals surface area contributed by atoms with Crippen LogP contribution in [0.15, 0.2) is 30.9 Å². The Bertz CT molecular complexity index is 1720. The average Bonchev–Trinajstić information content (AvgIpc) is 3.42. The second-order valence-electron chi connectivity index (χ2n) is 10.8. The maximum Gasteiger partial charge on any atom is 0.229 e. The van der Waals surface area contributed by atoms with Gasteiger partial charge in [0.1, 0.15) is 29.1 Å². The van der Waals surface area contributed by atoms with Gasteiger partial charge < -0.3 is 14.8 Å². The van der Waals surface area contributed by atoms with Crippen molar-refractivity contribution >= 4 is 50.0 Å². The molecule has 1 atom stereocenters. The lowest BCUT2D eigenvalue weighted by Crippen LogP contribution is -2.37. The van der Waals surface area contributed by atoms with Crippen LogP contribution >= 0.6 is 11.6 Å². The SMILES string of the molecule is Cc1nc(-c2cc(CCN3CCOCC3)cnc2Nc2cnc(Cl)c(NS(C)(=O)=O)c2)c2ncn(C3CCCCO3)c2n1. The van der Waals surface area contributed by atoms with Crippen LogP contribution in [0.4, 0.5) is 17.2 Å². The first-order chi connectivity index (χ1) is 20.7. The molecule has 6 rings (SSSR count). The normalized spacial score (nSPS) is 18.2. The molecule has 13 nitrogen and oxygen atoms in total. The molecule has 2 aliphatic heterocycles. The molecule has 15 heteroatoms. The smallest absolute Gasteiger partial charge is 0.229 e. The van der Waals surface area contributed by atoms with Crippen molar-refractivity contribution in [1.29, 1.82) is 0 Å². The first kappa shape index (κ1) is 29.6. The molecule has 2 N–H and O–H groups in total. The average molecular weight is 628 g/mol. The van der Waals surface area contributed by atoms with Crippen LogP contribution in [0.25, 0.3) is 22.4 Å². The lowest BCUT2D eigenvalue weighted by molar-refractivity contribution is -0.0298. The number of fused-ring (bicyclic) bond motifs is 1. The van der Waals surface area contributed by atoms with Crippen molar-refractivity contribution in [2.45, 2.75) is 38.8 Å². The number of morpholine rings is 1. The quantitative estimate of drug-likeness (QED) is 0.260. The summed E-state index contributed by atoms with van der Waals surface area (Å²) in [5, 5.41) is 3.33. The third-order valence-corrected chi connectivity index (χ3v) is 8.31. The summed E-state index contributed by atoms with van der Waals surface area (Å²) in [6, 6.07) is 3.65. The first-order valence-electron chi connectivity index (χ1n) is 14.3. The molecular formula is C28H34ClN9O4S. The van der Waals surface area contributed by atoms with E-state index in [4.69, 9.17) is 41.0 Å². The molecule has 4 aromatic rings. The standard InChI is InChI=1S/C28H34ClN9O4S/c1-18-33-24(25-28(34-18)38(17-32-25)23-5-3-4-10-42-23)21-13-19(6-7-37-8-11-41-12-9-37)15-31-27(21)35-20-14-22(26(29)30-16-20)36-43(2,39)40/h13-17,23,36H,3-12H2,1-2H3,(H,31,35). The molecule has 43 heavy (non-hydrogen) atoms. The number of sulfonamides is 1. The van der Waals surface area contributed by atoms with E-state index in [1.165, 1.54) is 6.20 Å². The molecule has 0 radical (unpaired) electrons. The summed E-state index contributed by atoms with van der Waals surface area (Å²) in [4.78, 5) is 25.7. The van der Waals surface area contributed by atoms with E-state index in [0.29, 0.717) is 40.8 Å². The van der Waals surface area contributed by atoms with Crippen LogP contribution in [0.2, 0.25) is 5.15 Å². The molecule has 0 amide bonds. The van der Waals surface area contributed by atoms with Crippen LogP contribution in [0, 0.1) is 6.92 Å². The van der Waals surface area contributed by atoms with Crippen molar-refractivity contribution in [3.8, 4) is 11.3 Å². The summed E-state index contributed by atoms with van der Waals surface area (Å²) in [5.41, 5.74) is 4.41. The summed E-state index contributed by atoms with van der Waals surface area (Å²) >= 11 is 6.17. The molecule has 0 saturated carbocycles. The minimum Gasteiger partial charge on any atom is -0.379 e. The van der Waals surface area contributed by atoms with Gasteiger partial charge in [-0.05, 0) is 50.3 Å². The summed E-state index contributed by atoms with van der Waals surface area (Å²) in [7, 11) is -3.57. The Hall–Kier alpha value is -3.43. The van der Waals surface area contributed by atoms with Crippen molar-refractivity contribution in [3.05, 3.63) is 47.4 Å². The second-order valence-corrected chi connectivity index (χ2v) is 12.9. The third kappa shape index (κ3) is 7.04. The van der Waals surface area contributed by atoms with E-state index >= 15 is 0 Å². The number of hydrogen-bond acceptors (Lipinski definition) is 11. The van der Waals surface area contributed by atoms with Gasteiger partial charge in [-0.1, -0.05) is 11.6 Å². The fraction of sp³-hybridized carbons (Fsp3) is 0.464. The number of aromatic nitrogens is 6. The molecule has 0 spiro atoms. The number of pyridine rings is 2. The van der Waals surface area contributed by atoms with Crippen LogP contribution in [0.5, 0.6) is 0 Å². The van der Waals surface area contributed by atoms with Crippen molar-refractivity contribution in [2.24, 2.45) is 0 Å². The summed E-state index contributed by atoms with van der Waals surface area (Å²) in [6.45, 7) is 6.73. The summed E-state index contributed by atoms with van der Waals surface area (Å²) in [6.07, 6.45) is 9.86. The van der Waals surface area contributed by atoms with Gasteiger partial charge in [-0.2, -0.15) is 0 Å². The molecule has 228 valence electrons. The van der Waals surface area contributed by atoms with Gasteiger partial charge in [-0.15, -0.1) is 0 Å². The number of nitrogens with zero attached hydrogens (tertiary/aromatic N) is 7. The van der Waals surface area contributed by atoms with Crippen molar-refractivity contribution in [2.75, 3.05) is 55.7 Å². The minimum absolute atomic E-state index is 0.0335. The van der Waals surface area contributed by atoms with Crippen LogP contribution < -0.4 is 10.0 Å². The number of aryl methyl sites for hydroxylation is 1. The fourth-order valence-electron chi connectivity index (χ4n) is 5.33. The third-order valence-electron chi connectivity index (χ3n) is 7.42. The van der Waals surface area contributed by atoms with Crippen molar-refractivity contribution in [3.63, 3.8) is 0 Å². The van der Waals surface area contributed by atoms with E-state index in [-0.39, 0.29) is 17.1 Å². The Balaban J connectivity index is 1.40. The van der Waals surface area contributed by atoms with Crippen LogP contribution in [0.1, 0.15) is 36.9 Å². The number of rotatable bonds is 9. The van der Waals surface area contributed by atoms with Gasteiger partial charge in [0.25, 0.3) is 0 Å². The molecule has 0 aromatic carbocycles. The van der Waals surface area contributed by atoms with Crippen molar-refractivity contribution in [1.82, 2.24) is 34.4 Å². The predicted molar refractivity (Wildman–Crippen MR) is 164 cm³/mol. The van der Waals surface area contributed by atoms with Gasteiger partial charge in [0.2, 0.25) is 10.0 Å². The summed E-state index contributed by atoms with van der Waals surface area (Å²) < 4.78 is 39.7. The zero-order chi connectivity index (χ0) is 30.0. The zero-order valence-electron chi connectivity index (χ0n) is 24.1. The lowest BCUT2D eigenvalue weighted by atomic mass is 10.1. The van der Waals surface area contributed by atoms with Gasteiger partial charge >= 0.3 is 0 Å². The minimum atomic E-state index is -3.57. The molecule has 0 aliphatic carbocycles. The Morgan fingerprint density at radius 1 is 1.07 bits per heavy atom. The van der Waals surface area contributed by atoms with Crippen LogP contribution in [-0.2, 0) is 25.9 Å². The number of ether oxygens (including phenoxy) is 2. The molecule has 6 heterocycles. The highest BCUT2D eigenvalue weighted by molar-refractivity contribution is 7.92. The molecule has 1 unspecified atom stereocenters. The van der Waals surface area contributed by atoms with Crippen LogP contribution in [0.3, 0.4) is 0 Å². The molecule has 0 bridgehead atoms. The van der Waals surface area contributed by atoms with E-state index in [0.717, 1.165) is 75.9 Å². The van der Waals surface area contributed by atoms with E-state index in [2.05, 4.69) is 26.0 Å². The van der Waals surface area contributed by atoms with Gasteiger partial charge in [-0.25, -0.2) is 33.3 Å². The van der Waals surface area contributed by atoms with Crippen molar-refractivity contribution < 1.29 is 17.9 Å². The second kappa shape index (κ2) is 12.7. The topological polar surface area (TPSA) is 149 Å². The molecular weight excluding hydrogens is 594 g/mol. The van der Waals surface area contributed by atoms with E-state index in [9.17, 15) is 8.42 Å². The highest BCUT2D eigenvalue weighted by Crippen LogP contribution is 2.35. The van der Waals surface area contributed by atoms with E-state index in [1.807, 2.05) is 17.7 Å². The van der Waals surface area contributed by atoms with Gasteiger partial charge in [-0.3, -0.25) is 14.2 Å². The van der Waals surface area contributed by atoms with Gasteiger partial charge in [0, 0.05) is 38.0 Å². The maximum atomic E-state index is 11.9. The molecule has 2 fully saturated rings. The van der Waals surface area contributed by atoms with Gasteiger partial charge in [0.05, 0.1) is 43.4 Å². The number of halogens is 1. The summed E-state index contributed by atoms with van der Waals surface area (Å²) in [5.74, 6) is 1.10. The first-order valence-corrected chi connectivity index (χ1v) is 16.5. The Morgan fingerprint density at radius 3 is 2.67 bits per heavy atom. The Morgan fingerprint density at radius 2 is 1.91 bits per heavy atom. The van der Waals surface area contributed by atoms with E-state index in [1.54, 1.807) is 12.4 Å². The number of anilines is 3. The fourth-order valence-corrected chi connectivity index (χ4v) is 6.09. The maximum absolute atomic E-state index is 11.9. The molecule has 2 saturated heterocycles. The van der Waals surface area contributed by atoms with Crippen LogP contribution in [-0.4, -0.2) is 88.5 Å². The number of imidazole rings is 1. The largest absolute Gasteiger partial charge is 0.379 e. The highest BCUT2D eigenvalue weighted by atomic mass is 35.5. The predicted octanol–water partition coefficient (Wildman–Crippen LogP) is 3.93. The number of hydrogen-bond donors (Lipinski definition) is 2. The highest BCUT2D eigenvalue weighted by Gasteiger charge is 2.23. The number of nitrogens with one attached hydrogen (secondary N) is 2. The lowest BCUT2D eigenvalue weighted by Gasteiger charge is -2.26. The Kier molecular flexibility index (Phi) is 8.73. The zero-order valence-corrected chi connectivity index (χ0v) is 25.7. The molecule has 2 aliphatic rings. The monoisotopic (exact) mass is 627 g/mol. The molecule has 4 aromatic heterocycles. The van der Waals surface area contributed by atoms with E-state index < -0.39 is 10.0 Å². The Labute approximate surface area is 255 Å².